The van der Waals surface area contributed by atoms with Crippen molar-refractivity contribution in [2.24, 2.45) is 0 Å². The number of rotatable bonds is 4. The second-order valence-electron chi connectivity index (χ2n) is 6.87. The molecule has 0 saturated carbocycles. The molecule has 1 unspecified atom stereocenters. The van der Waals surface area contributed by atoms with E-state index >= 15 is 0 Å². The molecule has 25 heavy (non-hydrogen) atoms. The van der Waals surface area contributed by atoms with Crippen LogP contribution in [0.1, 0.15) is 19.8 Å². The molecular formula is C23H25OP. The Morgan fingerprint density at radius 2 is 1.12 bits per heavy atom. The van der Waals surface area contributed by atoms with Crippen molar-refractivity contribution < 1.29 is 4.52 Å². The summed E-state index contributed by atoms with van der Waals surface area (Å²) >= 11 is 0. The summed E-state index contributed by atoms with van der Waals surface area (Å²) in [4.78, 5) is 0. The summed E-state index contributed by atoms with van der Waals surface area (Å²) < 4.78 is 7.17. The molecule has 1 aliphatic rings. The van der Waals surface area contributed by atoms with Gasteiger partial charge in [-0.05, 0) is 0 Å². The Morgan fingerprint density at radius 1 is 0.720 bits per heavy atom. The third-order valence-electron chi connectivity index (χ3n) is 5.62. The predicted octanol–water partition coefficient (Wildman–Crippen LogP) is 4.63. The monoisotopic (exact) mass is 348 g/mol. The first-order chi connectivity index (χ1) is 12.3. The number of hydrogen-bond donors (Lipinski definition) is 0. The topological polar surface area (TPSA) is 9.23 Å². The zero-order valence-electron chi connectivity index (χ0n) is 14.7. The molecule has 3 aromatic rings. The van der Waals surface area contributed by atoms with Crippen LogP contribution in [0.15, 0.2) is 91.0 Å². The van der Waals surface area contributed by atoms with Crippen molar-refractivity contribution in [3.05, 3.63) is 91.0 Å². The molecule has 1 nitrogen and oxygen atoms in total. The van der Waals surface area contributed by atoms with Gasteiger partial charge >= 0.3 is 150 Å². The van der Waals surface area contributed by atoms with Crippen LogP contribution in [0.5, 0.6) is 0 Å². The van der Waals surface area contributed by atoms with Gasteiger partial charge in [0.15, 0.2) is 0 Å². The van der Waals surface area contributed by atoms with E-state index in [2.05, 4.69) is 97.9 Å². The SMILES string of the molecule is CCC1CCP(c2ccccc2)(c2ccccc2)(c2ccccc2)O1. The fourth-order valence-electron chi connectivity index (χ4n) is 4.35. The Bertz CT molecular complexity index is 730. The molecular weight excluding hydrogens is 323 g/mol. The van der Waals surface area contributed by atoms with Gasteiger partial charge < -0.3 is 0 Å². The van der Waals surface area contributed by atoms with Crippen LogP contribution in [0.2, 0.25) is 0 Å². The Kier molecular flexibility index (Phi) is 4.23. The zero-order valence-corrected chi connectivity index (χ0v) is 15.6. The molecule has 0 spiro atoms. The Morgan fingerprint density at radius 3 is 1.44 bits per heavy atom. The van der Waals surface area contributed by atoms with E-state index in [1.807, 2.05) is 0 Å². The van der Waals surface area contributed by atoms with E-state index in [1.54, 1.807) is 0 Å². The van der Waals surface area contributed by atoms with Crippen LogP contribution in [-0.4, -0.2) is 12.3 Å². The van der Waals surface area contributed by atoms with Gasteiger partial charge in [-0.1, -0.05) is 0 Å². The third-order valence-corrected chi connectivity index (χ3v) is 11.7. The molecule has 2 heteroatoms. The summed E-state index contributed by atoms with van der Waals surface area (Å²) in [5.74, 6) is 0. The van der Waals surface area contributed by atoms with E-state index < -0.39 is 6.83 Å². The fraction of sp³-hybridized carbons (Fsp3) is 0.217. The van der Waals surface area contributed by atoms with Gasteiger partial charge in [-0.25, -0.2) is 0 Å². The van der Waals surface area contributed by atoms with E-state index in [-0.39, 0.29) is 0 Å². The van der Waals surface area contributed by atoms with Crippen LogP contribution in [-0.2, 0) is 4.52 Å². The van der Waals surface area contributed by atoms with Gasteiger partial charge in [0.05, 0.1) is 0 Å². The Labute approximate surface area is 150 Å². The summed E-state index contributed by atoms with van der Waals surface area (Å²) in [7, 11) is 0. The van der Waals surface area contributed by atoms with Crippen LogP contribution >= 0.6 is 6.83 Å². The van der Waals surface area contributed by atoms with Gasteiger partial charge in [0, 0.05) is 0 Å². The van der Waals surface area contributed by atoms with Gasteiger partial charge in [0.25, 0.3) is 0 Å². The van der Waals surface area contributed by atoms with Gasteiger partial charge in [-0.3, -0.25) is 0 Å². The fourth-order valence-corrected chi connectivity index (χ4v) is 10.6. The van der Waals surface area contributed by atoms with Crippen LogP contribution in [0.25, 0.3) is 0 Å². The minimum absolute atomic E-state index is 0.318. The van der Waals surface area contributed by atoms with E-state index in [0.717, 1.165) is 19.0 Å². The predicted molar refractivity (Wildman–Crippen MR) is 110 cm³/mol. The van der Waals surface area contributed by atoms with Crippen molar-refractivity contribution in [2.45, 2.75) is 25.9 Å². The number of hydrogen-bond acceptors (Lipinski definition) is 1. The minimum atomic E-state index is -2.90. The van der Waals surface area contributed by atoms with Crippen LogP contribution in [0.4, 0.5) is 0 Å². The maximum atomic E-state index is 7.17. The molecule has 1 fully saturated rings. The van der Waals surface area contributed by atoms with Crippen molar-refractivity contribution in [1.82, 2.24) is 0 Å². The summed E-state index contributed by atoms with van der Waals surface area (Å²) in [5.41, 5.74) is 0. The first-order valence-electron chi connectivity index (χ1n) is 9.16. The first-order valence-corrected chi connectivity index (χ1v) is 11.5. The summed E-state index contributed by atoms with van der Waals surface area (Å²) in [6.45, 7) is -0.665. The Hall–Kier alpha value is -1.95. The molecule has 4 rings (SSSR count). The van der Waals surface area contributed by atoms with Gasteiger partial charge in [-0.15, -0.1) is 0 Å². The molecule has 0 amide bonds. The van der Waals surface area contributed by atoms with Gasteiger partial charge in [-0.2, -0.15) is 0 Å². The summed E-state index contributed by atoms with van der Waals surface area (Å²) in [6.07, 6.45) is 3.58. The molecule has 0 bridgehead atoms. The normalized spacial score (nSPS) is 22.8. The van der Waals surface area contributed by atoms with Gasteiger partial charge in [0.2, 0.25) is 0 Å². The van der Waals surface area contributed by atoms with Crippen molar-refractivity contribution in [3.63, 3.8) is 0 Å². The standard InChI is InChI=1S/C23H25OP/c1-2-20-18-19-25(24-20,21-12-6-3-7-13-21,22-14-8-4-9-15-22)23-16-10-5-11-17-23/h3-17,20H,2,18-19H2,1H3. The average molecular weight is 348 g/mol. The molecule has 0 N–H and O–H groups in total. The number of benzene rings is 3. The second-order valence-corrected chi connectivity index (χ2v) is 11.5. The molecule has 1 heterocycles. The van der Waals surface area contributed by atoms with Crippen LogP contribution in [0, 0.1) is 0 Å². The third kappa shape index (κ3) is 2.38. The second kappa shape index (κ2) is 6.41. The van der Waals surface area contributed by atoms with Crippen LogP contribution < -0.4 is 15.9 Å². The molecule has 1 atom stereocenters. The molecule has 0 radical (unpaired) electrons. The molecule has 128 valence electrons. The molecule has 1 aliphatic heterocycles. The van der Waals surface area contributed by atoms with Crippen molar-refractivity contribution >= 4 is 22.7 Å². The molecule has 0 aliphatic carbocycles. The van der Waals surface area contributed by atoms with E-state index in [9.17, 15) is 0 Å². The van der Waals surface area contributed by atoms with Crippen molar-refractivity contribution in [3.8, 4) is 0 Å². The average Bonchev–Trinajstić information content (AvgIpc) is 3.13. The molecule has 3 aromatic carbocycles. The van der Waals surface area contributed by atoms with E-state index in [4.69, 9.17) is 4.52 Å². The maximum absolute atomic E-state index is 7.17. The van der Waals surface area contributed by atoms with Gasteiger partial charge in [0.1, 0.15) is 0 Å². The van der Waals surface area contributed by atoms with Crippen LogP contribution in [0.3, 0.4) is 0 Å². The van der Waals surface area contributed by atoms with Crippen molar-refractivity contribution in [2.75, 3.05) is 6.16 Å². The molecule has 0 aromatic heterocycles. The zero-order chi connectivity index (χ0) is 17.2. The summed E-state index contributed by atoms with van der Waals surface area (Å²) in [6, 6.07) is 32.8. The summed E-state index contributed by atoms with van der Waals surface area (Å²) in [5, 5.41) is 4.05. The Balaban J connectivity index is 2.10. The van der Waals surface area contributed by atoms with E-state index in [0.29, 0.717) is 6.10 Å². The first kappa shape index (κ1) is 16.5. The van der Waals surface area contributed by atoms with Crippen molar-refractivity contribution in [1.29, 1.82) is 0 Å². The van der Waals surface area contributed by atoms with E-state index in [1.165, 1.54) is 15.9 Å². The quantitative estimate of drug-likeness (QED) is 0.625. The molecule has 1 saturated heterocycles.